The average molecular weight is 342 g/mol. The molecule has 19 heavy (non-hydrogen) atoms. The summed E-state index contributed by atoms with van der Waals surface area (Å²) < 4.78 is 0.872. The summed E-state index contributed by atoms with van der Waals surface area (Å²) in [6.07, 6.45) is 2.96. The van der Waals surface area contributed by atoms with Gasteiger partial charge in [0.1, 0.15) is 11.6 Å². The lowest BCUT2D eigenvalue weighted by Gasteiger charge is -2.07. The third-order valence-electron chi connectivity index (χ3n) is 2.41. The highest BCUT2D eigenvalue weighted by Crippen LogP contribution is 2.20. The van der Waals surface area contributed by atoms with Crippen LogP contribution in [0.1, 0.15) is 15.9 Å². The maximum Gasteiger partial charge on any atom is 0.258 e. The topological polar surface area (TPSA) is 80.9 Å². The van der Waals surface area contributed by atoms with Gasteiger partial charge in [0.2, 0.25) is 0 Å². The number of nitrogens with two attached hydrogens (primary N) is 1. The van der Waals surface area contributed by atoms with Crippen molar-refractivity contribution in [3.63, 3.8) is 0 Å². The number of carbonyl (C=O) groups excluding carboxylic acids is 1. The molecule has 2 aromatic heterocycles. The first-order valence-corrected chi connectivity index (χ1v) is 6.49. The van der Waals surface area contributed by atoms with Crippen molar-refractivity contribution < 1.29 is 4.79 Å². The largest absolute Gasteiger partial charge is 0.384 e. The van der Waals surface area contributed by atoms with E-state index in [1.807, 2.05) is 6.92 Å². The molecule has 0 aliphatic heterocycles. The maximum atomic E-state index is 12.1. The summed E-state index contributed by atoms with van der Waals surface area (Å²) in [5.41, 5.74) is 6.76. The van der Waals surface area contributed by atoms with Crippen molar-refractivity contribution >= 4 is 45.1 Å². The molecule has 2 aromatic rings. The monoisotopic (exact) mass is 340 g/mol. The Morgan fingerprint density at radius 1 is 1.37 bits per heavy atom. The first kappa shape index (κ1) is 13.8. The van der Waals surface area contributed by atoms with Crippen molar-refractivity contribution in [1.82, 2.24) is 9.97 Å². The molecule has 0 saturated heterocycles. The molecule has 7 heteroatoms. The van der Waals surface area contributed by atoms with Crippen LogP contribution in [0.15, 0.2) is 29.0 Å². The lowest BCUT2D eigenvalue weighted by molar-refractivity contribution is 0.102. The number of aryl methyl sites for hydroxylation is 1. The van der Waals surface area contributed by atoms with E-state index in [2.05, 4.69) is 31.2 Å². The van der Waals surface area contributed by atoms with Gasteiger partial charge in [-0.25, -0.2) is 9.97 Å². The maximum absolute atomic E-state index is 12.1. The lowest BCUT2D eigenvalue weighted by atomic mass is 10.2. The van der Waals surface area contributed by atoms with E-state index in [1.54, 1.807) is 12.3 Å². The molecule has 3 N–H and O–H groups in total. The number of aromatic nitrogens is 2. The second-order valence-corrected chi connectivity index (χ2v) is 5.12. The van der Waals surface area contributed by atoms with Crippen LogP contribution in [0, 0.1) is 6.92 Å². The fraction of sp³-hybridized carbons (Fsp3) is 0.0833. The zero-order valence-corrected chi connectivity index (χ0v) is 12.3. The highest BCUT2D eigenvalue weighted by Gasteiger charge is 2.12. The molecule has 0 fully saturated rings. The van der Waals surface area contributed by atoms with Crippen LogP contribution in [0.25, 0.3) is 0 Å². The summed E-state index contributed by atoms with van der Waals surface area (Å²) in [4.78, 5) is 19.9. The second-order valence-electron chi connectivity index (χ2n) is 3.86. The van der Waals surface area contributed by atoms with Gasteiger partial charge in [-0.3, -0.25) is 4.79 Å². The minimum Gasteiger partial charge on any atom is -0.384 e. The fourth-order valence-electron chi connectivity index (χ4n) is 1.42. The quantitative estimate of drug-likeness (QED) is 0.879. The first-order chi connectivity index (χ1) is 8.97. The highest BCUT2D eigenvalue weighted by atomic mass is 79.9. The number of amides is 1. The summed E-state index contributed by atoms with van der Waals surface area (Å²) >= 11 is 9.25. The molecule has 0 aliphatic carbocycles. The van der Waals surface area contributed by atoms with Crippen LogP contribution in [0.4, 0.5) is 11.6 Å². The van der Waals surface area contributed by atoms with E-state index in [0.717, 1.165) is 10.0 Å². The Hall–Kier alpha value is -1.66. The third kappa shape index (κ3) is 3.21. The molecule has 5 nitrogen and oxygen atoms in total. The standard InChI is InChI=1S/C12H10BrClN4O/c1-6-2-11(17-4-8(6)13)18-12(19)7-3-10(15)16-5-9(7)14/h2-5H,1H3,(H2,15,16)(H,17,18,19). The van der Waals surface area contributed by atoms with E-state index in [1.165, 1.54) is 12.3 Å². The second kappa shape index (κ2) is 5.54. The zero-order chi connectivity index (χ0) is 14.0. The number of rotatable bonds is 2. The van der Waals surface area contributed by atoms with E-state index < -0.39 is 0 Å². The van der Waals surface area contributed by atoms with E-state index >= 15 is 0 Å². The van der Waals surface area contributed by atoms with Crippen molar-refractivity contribution in [1.29, 1.82) is 0 Å². The van der Waals surface area contributed by atoms with Gasteiger partial charge in [-0.15, -0.1) is 0 Å². The van der Waals surface area contributed by atoms with Gasteiger partial charge in [-0.2, -0.15) is 0 Å². The van der Waals surface area contributed by atoms with Crippen LogP contribution in [0.5, 0.6) is 0 Å². The molecule has 2 heterocycles. The number of nitrogens with one attached hydrogen (secondary N) is 1. The normalized spacial score (nSPS) is 10.3. The summed E-state index contributed by atoms with van der Waals surface area (Å²) in [5.74, 6) is 0.292. The van der Waals surface area contributed by atoms with Gasteiger partial charge in [0.25, 0.3) is 5.91 Å². The Balaban J connectivity index is 2.25. The summed E-state index contributed by atoms with van der Waals surface area (Å²) in [6, 6.07) is 3.17. The SMILES string of the molecule is Cc1cc(NC(=O)c2cc(N)ncc2Cl)ncc1Br. The van der Waals surface area contributed by atoms with Crippen molar-refractivity contribution in [2.24, 2.45) is 0 Å². The van der Waals surface area contributed by atoms with Gasteiger partial charge in [0, 0.05) is 16.9 Å². The first-order valence-electron chi connectivity index (χ1n) is 5.32. The molecule has 98 valence electrons. The Morgan fingerprint density at radius 2 is 2.11 bits per heavy atom. The molecule has 0 saturated carbocycles. The number of pyridine rings is 2. The van der Waals surface area contributed by atoms with Gasteiger partial charge in [-0.05, 0) is 40.5 Å². The zero-order valence-electron chi connectivity index (χ0n) is 9.95. The molecule has 0 aliphatic rings. The Labute approximate surface area is 123 Å². The molecular weight excluding hydrogens is 332 g/mol. The van der Waals surface area contributed by atoms with E-state index in [9.17, 15) is 4.79 Å². The minimum absolute atomic E-state index is 0.231. The van der Waals surface area contributed by atoms with Crippen molar-refractivity contribution in [2.75, 3.05) is 11.1 Å². The predicted octanol–water partition coefficient (Wildman–Crippen LogP) is 3.04. The number of anilines is 2. The summed E-state index contributed by atoms with van der Waals surface area (Å²) in [5, 5.41) is 2.89. The third-order valence-corrected chi connectivity index (χ3v) is 3.54. The molecule has 0 spiro atoms. The van der Waals surface area contributed by atoms with Crippen LogP contribution in [0.3, 0.4) is 0 Å². The summed E-state index contributed by atoms with van der Waals surface area (Å²) in [6.45, 7) is 1.90. The van der Waals surface area contributed by atoms with Gasteiger partial charge >= 0.3 is 0 Å². The van der Waals surface area contributed by atoms with Crippen molar-refractivity contribution in [3.05, 3.63) is 45.1 Å². The number of halogens is 2. The van der Waals surface area contributed by atoms with Crippen LogP contribution in [-0.4, -0.2) is 15.9 Å². The van der Waals surface area contributed by atoms with E-state index in [-0.39, 0.29) is 22.3 Å². The van der Waals surface area contributed by atoms with Gasteiger partial charge in [0.05, 0.1) is 10.6 Å². The molecule has 1 amide bonds. The van der Waals surface area contributed by atoms with Crippen LogP contribution in [-0.2, 0) is 0 Å². The summed E-state index contributed by atoms with van der Waals surface area (Å²) in [7, 11) is 0. The molecule has 0 atom stereocenters. The Kier molecular flexibility index (Phi) is 4.01. The Morgan fingerprint density at radius 3 is 2.79 bits per heavy atom. The van der Waals surface area contributed by atoms with Crippen LogP contribution < -0.4 is 11.1 Å². The average Bonchev–Trinajstić information content (AvgIpc) is 2.36. The van der Waals surface area contributed by atoms with Gasteiger partial charge in [0.15, 0.2) is 0 Å². The van der Waals surface area contributed by atoms with Crippen molar-refractivity contribution in [2.45, 2.75) is 6.92 Å². The number of nitrogens with zero attached hydrogens (tertiary/aromatic N) is 2. The molecule has 0 radical (unpaired) electrons. The van der Waals surface area contributed by atoms with Crippen LogP contribution >= 0.6 is 27.5 Å². The molecule has 0 unspecified atom stereocenters. The van der Waals surface area contributed by atoms with Crippen molar-refractivity contribution in [3.8, 4) is 0 Å². The predicted molar refractivity (Wildman–Crippen MR) is 78.3 cm³/mol. The molecular formula is C12H10BrClN4O. The smallest absolute Gasteiger partial charge is 0.258 e. The number of carbonyl (C=O) groups is 1. The van der Waals surface area contributed by atoms with E-state index in [0.29, 0.717) is 5.82 Å². The number of hydrogen-bond acceptors (Lipinski definition) is 4. The number of nitrogen functional groups attached to an aromatic ring is 1. The van der Waals surface area contributed by atoms with E-state index in [4.69, 9.17) is 17.3 Å². The lowest BCUT2D eigenvalue weighted by Crippen LogP contribution is -2.14. The van der Waals surface area contributed by atoms with Crippen LogP contribution in [0.2, 0.25) is 5.02 Å². The van der Waals surface area contributed by atoms with Gasteiger partial charge < -0.3 is 11.1 Å². The molecule has 0 aromatic carbocycles. The fourth-order valence-corrected chi connectivity index (χ4v) is 1.83. The molecule has 0 bridgehead atoms. The Bertz CT molecular complexity index is 648. The number of hydrogen-bond donors (Lipinski definition) is 2. The highest BCUT2D eigenvalue weighted by molar-refractivity contribution is 9.10. The molecule has 2 rings (SSSR count). The van der Waals surface area contributed by atoms with Gasteiger partial charge in [-0.1, -0.05) is 11.6 Å². The minimum atomic E-state index is -0.381.